The van der Waals surface area contributed by atoms with Crippen LogP contribution in [0.1, 0.15) is 19.8 Å². The molecule has 0 aliphatic heterocycles. The summed E-state index contributed by atoms with van der Waals surface area (Å²) in [5, 5.41) is 0. The Kier molecular flexibility index (Phi) is 2.17. The minimum absolute atomic E-state index is 0.247. The Labute approximate surface area is 83.1 Å². The fraction of sp³-hybridized carbons (Fsp3) is 0.636. The van der Waals surface area contributed by atoms with E-state index in [2.05, 4.69) is 12.2 Å². The maximum absolute atomic E-state index is 11.1. The fourth-order valence-corrected chi connectivity index (χ4v) is 2.56. The van der Waals surface area contributed by atoms with Gasteiger partial charge in [-0.05, 0) is 24.7 Å². The number of ether oxygens (including phenoxy) is 1. The molecule has 0 spiro atoms. The lowest BCUT2D eigenvalue weighted by atomic mass is 9.78. The van der Waals surface area contributed by atoms with Gasteiger partial charge >= 0.3 is 5.97 Å². The van der Waals surface area contributed by atoms with Crippen molar-refractivity contribution in [3.05, 3.63) is 12.2 Å². The minimum atomic E-state index is -0.426. The molecule has 0 radical (unpaired) electrons. The summed E-state index contributed by atoms with van der Waals surface area (Å²) in [6.45, 7) is 1.62. The SMILES string of the molecule is CC(=O)OC[C@@]1(C=O)C[C@H]2C=C[C@@H]1C2. The van der Waals surface area contributed by atoms with Crippen molar-refractivity contribution in [1.82, 2.24) is 0 Å². The van der Waals surface area contributed by atoms with Gasteiger partial charge in [-0.25, -0.2) is 0 Å². The van der Waals surface area contributed by atoms with Gasteiger partial charge in [0.05, 0.1) is 5.41 Å². The highest BCUT2D eigenvalue weighted by molar-refractivity contribution is 5.68. The summed E-state index contributed by atoms with van der Waals surface area (Å²) in [6.07, 6.45) is 7.11. The molecule has 0 amide bonds. The minimum Gasteiger partial charge on any atom is -0.465 e. The molecule has 0 aromatic carbocycles. The molecule has 0 aromatic rings. The Morgan fingerprint density at radius 3 is 2.86 bits per heavy atom. The lowest BCUT2D eigenvalue weighted by Gasteiger charge is -2.28. The standard InChI is InChI=1S/C11H14O3/c1-8(13)14-7-11(6-12)5-9-2-3-10(11)4-9/h2-3,6,9-10H,4-5,7H2,1H3/t9-,10+,11-/m0/s1. The van der Waals surface area contributed by atoms with E-state index in [0.717, 1.165) is 19.1 Å². The van der Waals surface area contributed by atoms with Crippen LogP contribution in [0.3, 0.4) is 0 Å². The zero-order valence-corrected chi connectivity index (χ0v) is 8.23. The zero-order chi connectivity index (χ0) is 10.2. The van der Waals surface area contributed by atoms with Crippen LogP contribution in [-0.2, 0) is 14.3 Å². The van der Waals surface area contributed by atoms with Crippen molar-refractivity contribution in [1.29, 1.82) is 0 Å². The van der Waals surface area contributed by atoms with E-state index in [4.69, 9.17) is 4.74 Å². The maximum Gasteiger partial charge on any atom is 0.302 e. The Bertz CT molecular complexity index is 295. The highest BCUT2D eigenvalue weighted by Gasteiger charge is 2.49. The summed E-state index contributed by atoms with van der Waals surface area (Å²) in [7, 11) is 0. The monoisotopic (exact) mass is 194 g/mol. The largest absolute Gasteiger partial charge is 0.465 e. The molecule has 2 aliphatic rings. The molecule has 14 heavy (non-hydrogen) atoms. The second kappa shape index (κ2) is 3.23. The lowest BCUT2D eigenvalue weighted by molar-refractivity contribution is -0.146. The molecule has 0 unspecified atom stereocenters. The molecule has 2 aliphatic carbocycles. The van der Waals surface area contributed by atoms with Gasteiger partial charge in [-0.3, -0.25) is 4.79 Å². The third-order valence-corrected chi connectivity index (χ3v) is 3.33. The molecule has 1 saturated carbocycles. The molecule has 3 atom stereocenters. The zero-order valence-electron chi connectivity index (χ0n) is 8.23. The van der Waals surface area contributed by atoms with Crippen LogP contribution in [0.25, 0.3) is 0 Å². The third kappa shape index (κ3) is 1.37. The van der Waals surface area contributed by atoms with Gasteiger partial charge in [-0.2, -0.15) is 0 Å². The van der Waals surface area contributed by atoms with Gasteiger partial charge in [-0.15, -0.1) is 0 Å². The first-order valence-corrected chi connectivity index (χ1v) is 4.94. The van der Waals surface area contributed by atoms with Crippen molar-refractivity contribution in [2.45, 2.75) is 19.8 Å². The average molecular weight is 194 g/mol. The lowest BCUT2D eigenvalue weighted by Crippen LogP contribution is -2.33. The van der Waals surface area contributed by atoms with Crippen molar-refractivity contribution in [3.63, 3.8) is 0 Å². The van der Waals surface area contributed by atoms with Gasteiger partial charge in [0.2, 0.25) is 0 Å². The van der Waals surface area contributed by atoms with Gasteiger partial charge in [0.1, 0.15) is 12.9 Å². The Morgan fingerprint density at radius 1 is 1.64 bits per heavy atom. The average Bonchev–Trinajstić information content (AvgIpc) is 2.74. The second-order valence-corrected chi connectivity index (χ2v) is 4.32. The van der Waals surface area contributed by atoms with Crippen LogP contribution < -0.4 is 0 Å². The van der Waals surface area contributed by atoms with E-state index in [1.165, 1.54) is 6.92 Å². The molecule has 3 heteroatoms. The topological polar surface area (TPSA) is 43.4 Å². The van der Waals surface area contributed by atoms with Crippen LogP contribution in [0.15, 0.2) is 12.2 Å². The maximum atomic E-state index is 11.1. The number of allylic oxidation sites excluding steroid dienone is 2. The molecule has 0 saturated heterocycles. The van der Waals surface area contributed by atoms with Gasteiger partial charge in [0.25, 0.3) is 0 Å². The van der Waals surface area contributed by atoms with E-state index in [-0.39, 0.29) is 18.5 Å². The third-order valence-electron chi connectivity index (χ3n) is 3.33. The number of rotatable bonds is 3. The van der Waals surface area contributed by atoms with Crippen molar-refractivity contribution in [2.75, 3.05) is 6.61 Å². The normalized spacial score (nSPS) is 38.6. The molecule has 0 N–H and O–H groups in total. The molecular formula is C11H14O3. The van der Waals surface area contributed by atoms with Crippen LogP contribution in [0, 0.1) is 17.3 Å². The van der Waals surface area contributed by atoms with Crippen molar-refractivity contribution < 1.29 is 14.3 Å². The number of hydrogen-bond acceptors (Lipinski definition) is 3. The second-order valence-electron chi connectivity index (χ2n) is 4.32. The molecule has 3 nitrogen and oxygen atoms in total. The molecule has 1 fully saturated rings. The summed E-state index contributed by atoms with van der Waals surface area (Å²) in [4.78, 5) is 21.8. The van der Waals surface area contributed by atoms with Gasteiger partial charge in [-0.1, -0.05) is 12.2 Å². The van der Waals surface area contributed by atoms with E-state index in [1.807, 2.05) is 0 Å². The smallest absolute Gasteiger partial charge is 0.302 e. The fourth-order valence-electron chi connectivity index (χ4n) is 2.56. The first-order chi connectivity index (χ1) is 6.66. The number of esters is 1. The Hall–Kier alpha value is -1.12. The highest BCUT2D eigenvalue weighted by Crippen LogP contribution is 2.51. The molecule has 2 rings (SSSR count). The number of aldehydes is 1. The van der Waals surface area contributed by atoms with E-state index in [1.54, 1.807) is 0 Å². The number of carbonyl (C=O) groups is 2. The quantitative estimate of drug-likeness (QED) is 0.387. The first kappa shape index (κ1) is 9.44. The van der Waals surface area contributed by atoms with Gasteiger partial charge < -0.3 is 9.53 Å². The number of carbonyl (C=O) groups excluding carboxylic acids is 2. The summed E-state index contributed by atoms with van der Waals surface area (Å²) < 4.78 is 4.97. The van der Waals surface area contributed by atoms with Gasteiger partial charge in [0.15, 0.2) is 0 Å². The predicted octanol–water partition coefficient (Wildman–Crippen LogP) is 1.33. The van der Waals surface area contributed by atoms with Crippen LogP contribution in [-0.4, -0.2) is 18.9 Å². The summed E-state index contributed by atoms with van der Waals surface area (Å²) in [6, 6.07) is 0. The number of fused-ring (bicyclic) bond motifs is 2. The molecule has 0 heterocycles. The van der Waals surface area contributed by atoms with Crippen LogP contribution in [0.4, 0.5) is 0 Å². The molecule has 0 aromatic heterocycles. The van der Waals surface area contributed by atoms with E-state index >= 15 is 0 Å². The van der Waals surface area contributed by atoms with Crippen molar-refractivity contribution >= 4 is 12.3 Å². The highest BCUT2D eigenvalue weighted by atomic mass is 16.5. The Balaban J connectivity index is 2.08. The van der Waals surface area contributed by atoms with E-state index in [0.29, 0.717) is 5.92 Å². The molecule has 76 valence electrons. The summed E-state index contributed by atoms with van der Waals surface area (Å²) in [5.74, 6) is 0.489. The van der Waals surface area contributed by atoms with Gasteiger partial charge in [0, 0.05) is 6.92 Å². The summed E-state index contributed by atoms with van der Waals surface area (Å²) >= 11 is 0. The number of hydrogen-bond donors (Lipinski definition) is 0. The molecular weight excluding hydrogens is 180 g/mol. The molecule has 2 bridgehead atoms. The van der Waals surface area contributed by atoms with Crippen LogP contribution in [0.2, 0.25) is 0 Å². The first-order valence-electron chi connectivity index (χ1n) is 4.94. The van der Waals surface area contributed by atoms with E-state index < -0.39 is 5.41 Å². The van der Waals surface area contributed by atoms with Crippen LogP contribution in [0.5, 0.6) is 0 Å². The predicted molar refractivity (Wildman–Crippen MR) is 50.5 cm³/mol. The van der Waals surface area contributed by atoms with Crippen LogP contribution >= 0.6 is 0 Å². The van der Waals surface area contributed by atoms with Crippen molar-refractivity contribution in [2.24, 2.45) is 17.3 Å². The summed E-state index contributed by atoms with van der Waals surface area (Å²) in [5.41, 5.74) is -0.426. The Morgan fingerprint density at radius 2 is 2.43 bits per heavy atom. The van der Waals surface area contributed by atoms with Crippen molar-refractivity contribution in [3.8, 4) is 0 Å². The van der Waals surface area contributed by atoms with E-state index in [9.17, 15) is 9.59 Å².